The van der Waals surface area contributed by atoms with Crippen LogP contribution in [0.1, 0.15) is 103 Å². The maximum Gasteiger partial charge on any atom is 0.513 e. The van der Waals surface area contributed by atoms with E-state index in [1.165, 1.54) is 85.6 Å². The van der Waals surface area contributed by atoms with E-state index >= 15 is 0 Å². The van der Waals surface area contributed by atoms with Crippen LogP contribution in [0.5, 0.6) is 5.75 Å². The van der Waals surface area contributed by atoms with Gasteiger partial charge in [0.25, 0.3) is 17.5 Å². The number of amides is 2. The van der Waals surface area contributed by atoms with Crippen molar-refractivity contribution in [3.05, 3.63) is 83.0 Å². The number of hydrogen-bond acceptors (Lipinski definition) is 29. The minimum absolute atomic E-state index is 0. The number of non-ortho nitro benzene ring substituents is 1. The number of esters is 2. The molecule has 5 rings (SSSR count). The third-order valence-electron chi connectivity index (χ3n) is 14.1. The van der Waals surface area contributed by atoms with E-state index in [0.717, 1.165) is 5.75 Å². The number of ether oxygens (including phenoxy) is 8. The summed E-state index contributed by atoms with van der Waals surface area (Å²) in [6.07, 6.45) is -2.40. The molecule has 2 aliphatic heterocycles. The van der Waals surface area contributed by atoms with Crippen LogP contribution >= 0.6 is 56.7 Å². The number of nitro groups is 1. The lowest BCUT2D eigenvalue weighted by Crippen LogP contribution is -2.47. The fourth-order valence-electron chi connectivity index (χ4n) is 7.02. The van der Waals surface area contributed by atoms with Crippen molar-refractivity contribution in [2.75, 3.05) is 62.7 Å². The minimum atomic E-state index is -2.25. The Balaban J connectivity index is 0.000000740. The fraction of sp³-hybridized carbons (Fsp3) is 0.630. The zero-order chi connectivity index (χ0) is 69.7. The first-order chi connectivity index (χ1) is 42.9. The first kappa shape index (κ1) is 86.7. The van der Waals surface area contributed by atoms with Gasteiger partial charge in [-0.1, -0.05) is 112 Å². The predicted octanol–water partition coefficient (Wildman–Crippen LogP) is 8.96. The van der Waals surface area contributed by atoms with Crippen LogP contribution in [-0.4, -0.2) is 179 Å². The number of primary amides is 2. The summed E-state index contributed by atoms with van der Waals surface area (Å²) in [6, 6.07) is 5.04. The first-order valence-electron chi connectivity index (χ1n) is 28.2. The van der Waals surface area contributed by atoms with Gasteiger partial charge in [-0.25, -0.2) is 38.5 Å². The molecule has 3 aromatic rings. The third kappa shape index (κ3) is 30.3. The minimum Gasteiger partial charge on any atom is -0.461 e. The van der Waals surface area contributed by atoms with Gasteiger partial charge < -0.3 is 63.3 Å². The number of benzene rings is 1. The number of rotatable bonds is 29. The van der Waals surface area contributed by atoms with Crippen molar-refractivity contribution in [2.24, 2.45) is 23.3 Å². The zero-order valence-corrected chi connectivity index (χ0v) is 63.9. The molecule has 5 N–H and O–H groups in total. The molecule has 2 amide bonds. The second-order valence-electron chi connectivity index (χ2n) is 23.2. The first-order valence-corrected chi connectivity index (χ1v) is 43.0. The number of hydrogen-bond donors (Lipinski definition) is 3. The molecule has 2 saturated heterocycles. The lowest BCUT2D eigenvalue weighted by Gasteiger charge is -2.40. The number of carbonyl (C=O) groups excluding carboxylic acids is 6. The van der Waals surface area contributed by atoms with E-state index in [2.05, 4.69) is 123 Å². The molecule has 1 aromatic carbocycles. The molecule has 0 saturated carbocycles. The van der Waals surface area contributed by atoms with E-state index in [1.807, 2.05) is 13.8 Å². The molecule has 39 heteroatoms. The predicted molar refractivity (Wildman–Crippen MR) is 378 cm³/mol. The van der Waals surface area contributed by atoms with Crippen molar-refractivity contribution < 1.29 is 85.5 Å². The molecule has 2 aliphatic rings. The average Bonchev–Trinajstić information content (AvgIpc) is 1.66. The van der Waals surface area contributed by atoms with Crippen LogP contribution in [0.25, 0.3) is 0 Å². The van der Waals surface area contributed by atoms with Crippen LogP contribution in [0.4, 0.5) is 15.3 Å². The maximum absolute atomic E-state index is 12.2. The number of aliphatic hydroxyl groups excluding tert-OH is 1. The summed E-state index contributed by atoms with van der Waals surface area (Å²) in [7, 11) is 4.02. The lowest BCUT2D eigenvalue weighted by atomic mass is 10.0. The Hall–Kier alpha value is -4.34. The summed E-state index contributed by atoms with van der Waals surface area (Å²) in [5.41, 5.74) is 11.3. The van der Waals surface area contributed by atoms with Crippen LogP contribution in [0.15, 0.2) is 61.2 Å². The molecular weight excluding hydrogens is 1420 g/mol. The summed E-state index contributed by atoms with van der Waals surface area (Å²) >= 11 is 8.66. The average molecular weight is 1510 g/mol. The maximum atomic E-state index is 12.2. The summed E-state index contributed by atoms with van der Waals surface area (Å²) in [4.78, 5) is 87.7. The SMILES string of the molecule is C=C(C)C(=O)OCCSSCCO.C=C(C)C(=O)OCCSSCCOC(=O)OCC1OC(n2cnc(C(N)=O)n2)C(O[Si](C)(C)C(C)(C)C)C1C.CC1C(COC(=O)Oc2ccc([N+](=O)[O-])cc2)OC(n2cnc(C(N)=O)n2)C1O[Si](C)(C)C(C)(C)C.S.S=S=S=S. The second-order valence-corrected chi connectivity index (χ2v) is 41.6. The third-order valence-corrected chi connectivity index (χ3v) is 29.9. The van der Waals surface area contributed by atoms with Gasteiger partial charge in [0.1, 0.15) is 51.4 Å². The Morgan fingerprint density at radius 1 is 0.656 bits per heavy atom. The van der Waals surface area contributed by atoms with Crippen LogP contribution in [0.3, 0.4) is 0 Å². The van der Waals surface area contributed by atoms with Crippen LogP contribution in [0.2, 0.25) is 36.3 Å². The highest BCUT2D eigenvalue weighted by atomic mass is 33.2. The van der Waals surface area contributed by atoms with Crippen molar-refractivity contribution in [1.29, 1.82) is 0 Å². The largest absolute Gasteiger partial charge is 0.513 e. The molecule has 0 aliphatic carbocycles. The summed E-state index contributed by atoms with van der Waals surface area (Å²) in [6.45, 7) is 36.2. The van der Waals surface area contributed by atoms with Crippen LogP contribution in [0, 0.1) is 22.0 Å². The Labute approximate surface area is 583 Å². The van der Waals surface area contributed by atoms with Crippen molar-refractivity contribution in [3.63, 3.8) is 0 Å². The van der Waals surface area contributed by atoms with Gasteiger partial charge in [0.15, 0.2) is 29.1 Å². The molecule has 524 valence electrons. The van der Waals surface area contributed by atoms with Crippen molar-refractivity contribution in [2.45, 2.75) is 142 Å². The molecule has 2 fully saturated rings. The molecule has 0 radical (unpaired) electrons. The Kier molecular flexibility index (Phi) is 39.5. The number of nitro benzene ring substituents is 1. The summed E-state index contributed by atoms with van der Waals surface area (Å²) in [5.74, 6) is -0.216. The normalized spacial score (nSPS) is 19.2. The highest BCUT2D eigenvalue weighted by Gasteiger charge is 2.51. The smallest absolute Gasteiger partial charge is 0.461 e. The van der Waals surface area contributed by atoms with Crippen molar-refractivity contribution >= 4 is 155 Å². The standard InChI is InChI=1S/C24H40N4O8S2Si.C22H31N5O8Si.C8H14O3S2.S4.H2S/c1-15(2)22(30)32-9-11-37-38-12-10-33-23(31)34-13-17-16(3)18(36-39(7,8)24(4,5)6)21(35-17)28-14-26-20(27-28)19(25)29;1-13-16(11-32-21(29)33-15-9-7-14(8-10-15)27(30)31)34-20(26-12-24-19(25-26)18(23)28)17(13)35-36(5,6)22(2,3)4;1-7(2)8(10)11-4-6-13-12-5-3-9;1-3-4-2;/h14,16-18,21H,1,9-13H2,2-8H3,(H2,25,29);7-10,12-13,16-17,20H,11H2,1-6H3,(H2,23,28);9H,1,3-6H2,2H3;;1H2. The van der Waals surface area contributed by atoms with E-state index in [0.29, 0.717) is 35.0 Å². The van der Waals surface area contributed by atoms with E-state index in [9.17, 15) is 38.9 Å². The number of carbonyl (C=O) groups is 6. The highest BCUT2D eigenvalue weighted by Crippen LogP contribution is 2.45. The summed E-state index contributed by atoms with van der Waals surface area (Å²) in [5, 5.41) is 27.4. The Morgan fingerprint density at radius 2 is 1.02 bits per heavy atom. The van der Waals surface area contributed by atoms with Gasteiger partial charge >= 0.3 is 24.2 Å². The number of aliphatic hydroxyl groups is 1. The number of aromatic nitrogens is 6. The van der Waals surface area contributed by atoms with Gasteiger partial charge in [-0.3, -0.25) is 19.7 Å². The second kappa shape index (κ2) is 42.4. The van der Waals surface area contributed by atoms with Gasteiger partial charge in [0.2, 0.25) is 11.6 Å². The topological polar surface area (TPSA) is 372 Å². The van der Waals surface area contributed by atoms with Gasteiger partial charge in [0.05, 0.1) is 35.9 Å². The van der Waals surface area contributed by atoms with E-state index in [-0.39, 0.29) is 97.5 Å². The number of nitrogens with two attached hydrogens (primary N) is 2. The quantitative estimate of drug-likeness (QED) is 0.00671. The molecule has 28 nitrogen and oxygen atoms in total. The van der Waals surface area contributed by atoms with Crippen molar-refractivity contribution in [1.82, 2.24) is 29.5 Å². The fourth-order valence-corrected chi connectivity index (χ4v) is 13.0. The molecule has 8 unspecified atom stereocenters. The van der Waals surface area contributed by atoms with Gasteiger partial charge in [-0.2, -0.15) is 13.5 Å². The summed E-state index contributed by atoms with van der Waals surface area (Å²) < 4.78 is 59.3. The number of nitrogens with zero attached hydrogens (tertiary/aromatic N) is 7. The van der Waals surface area contributed by atoms with Gasteiger partial charge in [-0.05, 0) is 62.2 Å². The molecule has 8 atom stereocenters. The van der Waals surface area contributed by atoms with Gasteiger partial charge in [0, 0.05) is 98.3 Å². The molecule has 4 heterocycles. The monoisotopic (exact) mass is 1510 g/mol. The Morgan fingerprint density at radius 3 is 1.34 bits per heavy atom. The van der Waals surface area contributed by atoms with Crippen molar-refractivity contribution in [3.8, 4) is 5.75 Å². The van der Waals surface area contributed by atoms with E-state index in [4.69, 9.17) is 63.3 Å². The molecule has 2 aromatic heterocycles. The lowest BCUT2D eigenvalue weighted by molar-refractivity contribution is -0.384. The van der Waals surface area contributed by atoms with E-state index < -0.39 is 88.5 Å². The highest BCUT2D eigenvalue weighted by molar-refractivity contribution is 8.77. The van der Waals surface area contributed by atoms with E-state index in [1.54, 1.807) is 35.4 Å². The zero-order valence-electron chi connectivity index (χ0n) is 54.4. The Bertz CT molecular complexity index is 3010. The molecule has 93 heavy (non-hydrogen) atoms. The molecule has 0 bridgehead atoms. The van der Waals surface area contributed by atoms with Gasteiger partial charge in [-0.15, -0.1) is 10.2 Å². The van der Waals surface area contributed by atoms with Crippen LogP contribution in [-0.2, 0) is 91.7 Å². The molecule has 0 spiro atoms. The molecular formula is C54H87N9O19S9Si2. The van der Waals surface area contributed by atoms with Crippen LogP contribution < -0.4 is 16.2 Å².